The molecule has 2 aromatic carbocycles. The first-order valence-corrected chi connectivity index (χ1v) is 9.03. The second-order valence-electron chi connectivity index (χ2n) is 6.86. The lowest BCUT2D eigenvalue weighted by molar-refractivity contribution is -0.118. The number of urea groups is 1. The van der Waals surface area contributed by atoms with Crippen LogP contribution in [0.4, 0.5) is 10.5 Å². The molecule has 6 heteroatoms. The SMILES string of the molecule is COc1cccc(CNC(=O)N[C@@H]2CCN(c3cc(C)cc(C)c3)C2=O)c1. The van der Waals surface area contributed by atoms with Gasteiger partial charge in [-0.15, -0.1) is 0 Å². The zero-order chi connectivity index (χ0) is 19.4. The summed E-state index contributed by atoms with van der Waals surface area (Å²) in [6.07, 6.45) is 0.596. The molecule has 0 unspecified atom stereocenters. The molecule has 1 saturated heterocycles. The molecule has 27 heavy (non-hydrogen) atoms. The normalized spacial score (nSPS) is 16.3. The van der Waals surface area contributed by atoms with E-state index in [9.17, 15) is 9.59 Å². The predicted octanol–water partition coefficient (Wildman–Crippen LogP) is 2.92. The molecule has 2 aromatic rings. The predicted molar refractivity (Wildman–Crippen MR) is 105 cm³/mol. The minimum Gasteiger partial charge on any atom is -0.497 e. The summed E-state index contributed by atoms with van der Waals surface area (Å²) < 4.78 is 5.18. The number of methoxy groups -OCH3 is 1. The fourth-order valence-electron chi connectivity index (χ4n) is 3.35. The standard InChI is InChI=1S/C21H25N3O3/c1-14-9-15(2)11-17(10-14)24-8-7-19(20(24)25)23-21(26)22-13-16-5-4-6-18(12-16)27-3/h4-6,9-12,19H,7-8,13H2,1-3H3,(H2,22,23,26)/t19-/m1/s1. The summed E-state index contributed by atoms with van der Waals surface area (Å²) in [4.78, 5) is 26.6. The van der Waals surface area contributed by atoms with E-state index in [1.54, 1.807) is 12.0 Å². The minimum absolute atomic E-state index is 0.0727. The topological polar surface area (TPSA) is 70.7 Å². The summed E-state index contributed by atoms with van der Waals surface area (Å²) in [5.74, 6) is 0.668. The van der Waals surface area contributed by atoms with Gasteiger partial charge in [0.15, 0.2) is 0 Å². The number of carbonyl (C=O) groups is 2. The average Bonchev–Trinajstić information content (AvgIpc) is 3.00. The van der Waals surface area contributed by atoms with E-state index in [2.05, 4.69) is 16.7 Å². The summed E-state index contributed by atoms with van der Waals surface area (Å²) in [7, 11) is 1.60. The number of aryl methyl sites for hydroxylation is 2. The van der Waals surface area contributed by atoms with Gasteiger partial charge in [-0.2, -0.15) is 0 Å². The number of rotatable bonds is 5. The van der Waals surface area contributed by atoms with Gasteiger partial charge in [-0.3, -0.25) is 4.79 Å². The van der Waals surface area contributed by atoms with Crippen molar-refractivity contribution in [3.05, 3.63) is 59.2 Å². The molecule has 1 heterocycles. The molecule has 2 N–H and O–H groups in total. The van der Waals surface area contributed by atoms with Crippen LogP contribution >= 0.6 is 0 Å². The highest BCUT2D eigenvalue weighted by molar-refractivity contribution is 6.01. The molecule has 3 amide bonds. The van der Waals surface area contributed by atoms with Gasteiger partial charge in [0.05, 0.1) is 7.11 Å². The van der Waals surface area contributed by atoms with Crippen LogP contribution in [0.1, 0.15) is 23.1 Å². The van der Waals surface area contributed by atoms with Crippen LogP contribution in [0, 0.1) is 13.8 Å². The zero-order valence-corrected chi connectivity index (χ0v) is 15.9. The maximum Gasteiger partial charge on any atom is 0.315 e. The molecular formula is C21H25N3O3. The van der Waals surface area contributed by atoms with E-state index in [1.165, 1.54) is 0 Å². The van der Waals surface area contributed by atoms with Crippen LogP contribution < -0.4 is 20.3 Å². The van der Waals surface area contributed by atoms with Gasteiger partial charge < -0.3 is 20.3 Å². The second kappa shape index (κ2) is 8.12. The van der Waals surface area contributed by atoms with E-state index in [4.69, 9.17) is 4.74 Å². The van der Waals surface area contributed by atoms with Crippen LogP contribution in [0.25, 0.3) is 0 Å². The lowest BCUT2D eigenvalue weighted by Gasteiger charge is -2.18. The van der Waals surface area contributed by atoms with Crippen molar-refractivity contribution >= 4 is 17.6 Å². The smallest absolute Gasteiger partial charge is 0.315 e. The van der Waals surface area contributed by atoms with Crippen LogP contribution in [0.2, 0.25) is 0 Å². The highest BCUT2D eigenvalue weighted by Gasteiger charge is 2.33. The van der Waals surface area contributed by atoms with Crippen LogP contribution in [-0.2, 0) is 11.3 Å². The summed E-state index contributed by atoms with van der Waals surface area (Å²) in [5.41, 5.74) is 4.05. The Hall–Kier alpha value is -3.02. The molecule has 1 aliphatic rings. The maximum atomic E-state index is 12.7. The van der Waals surface area contributed by atoms with Crippen molar-refractivity contribution in [3.8, 4) is 5.75 Å². The molecule has 3 rings (SSSR count). The first kappa shape index (κ1) is 18.8. The second-order valence-corrected chi connectivity index (χ2v) is 6.86. The third kappa shape index (κ3) is 4.58. The van der Waals surface area contributed by atoms with Crippen molar-refractivity contribution in [2.75, 3.05) is 18.6 Å². The maximum absolute atomic E-state index is 12.7. The number of benzene rings is 2. The fourth-order valence-corrected chi connectivity index (χ4v) is 3.35. The number of nitrogens with zero attached hydrogens (tertiary/aromatic N) is 1. The Bertz CT molecular complexity index is 830. The van der Waals surface area contributed by atoms with Crippen LogP contribution in [0.15, 0.2) is 42.5 Å². The fraction of sp³-hybridized carbons (Fsp3) is 0.333. The third-order valence-corrected chi connectivity index (χ3v) is 4.62. The third-order valence-electron chi connectivity index (χ3n) is 4.62. The lowest BCUT2D eigenvalue weighted by Crippen LogP contribution is -2.46. The molecule has 6 nitrogen and oxygen atoms in total. The minimum atomic E-state index is -0.504. The van der Waals surface area contributed by atoms with Gasteiger partial charge in [0, 0.05) is 18.8 Å². The van der Waals surface area contributed by atoms with Gasteiger partial charge in [-0.25, -0.2) is 4.79 Å². The highest BCUT2D eigenvalue weighted by Crippen LogP contribution is 2.24. The quantitative estimate of drug-likeness (QED) is 0.854. The number of hydrogen-bond acceptors (Lipinski definition) is 3. The molecule has 0 saturated carbocycles. The number of amides is 3. The molecular weight excluding hydrogens is 342 g/mol. The van der Waals surface area contributed by atoms with Gasteiger partial charge in [0.2, 0.25) is 5.91 Å². The van der Waals surface area contributed by atoms with Crippen molar-refractivity contribution in [2.45, 2.75) is 32.9 Å². The molecule has 1 atom stereocenters. The van der Waals surface area contributed by atoms with E-state index < -0.39 is 6.04 Å². The van der Waals surface area contributed by atoms with Gasteiger partial charge in [0.25, 0.3) is 0 Å². The Morgan fingerprint density at radius 3 is 2.63 bits per heavy atom. The highest BCUT2D eigenvalue weighted by atomic mass is 16.5. The summed E-state index contributed by atoms with van der Waals surface area (Å²) >= 11 is 0. The zero-order valence-electron chi connectivity index (χ0n) is 15.9. The van der Waals surface area contributed by atoms with Gasteiger partial charge in [0.1, 0.15) is 11.8 Å². The van der Waals surface area contributed by atoms with Gasteiger partial charge in [-0.05, 0) is 61.2 Å². The van der Waals surface area contributed by atoms with Crippen molar-refractivity contribution in [1.29, 1.82) is 0 Å². The van der Waals surface area contributed by atoms with E-state index >= 15 is 0 Å². The lowest BCUT2D eigenvalue weighted by atomic mass is 10.1. The van der Waals surface area contributed by atoms with Crippen molar-refractivity contribution in [1.82, 2.24) is 10.6 Å². The Labute approximate surface area is 159 Å². The van der Waals surface area contributed by atoms with Crippen molar-refractivity contribution < 1.29 is 14.3 Å². The number of carbonyl (C=O) groups excluding carboxylic acids is 2. The largest absolute Gasteiger partial charge is 0.497 e. The Kier molecular flexibility index (Phi) is 5.64. The van der Waals surface area contributed by atoms with Crippen molar-refractivity contribution in [3.63, 3.8) is 0 Å². The first-order chi connectivity index (χ1) is 13.0. The van der Waals surface area contributed by atoms with E-state index in [1.807, 2.05) is 50.2 Å². The molecule has 0 spiro atoms. The number of nitrogens with one attached hydrogen (secondary N) is 2. The summed E-state index contributed by atoms with van der Waals surface area (Å²) in [6, 6.07) is 12.7. The Morgan fingerprint density at radius 2 is 1.93 bits per heavy atom. The molecule has 0 aliphatic carbocycles. The number of anilines is 1. The van der Waals surface area contributed by atoms with E-state index in [0.29, 0.717) is 19.5 Å². The van der Waals surface area contributed by atoms with Crippen LogP contribution in [0.3, 0.4) is 0 Å². The summed E-state index contributed by atoms with van der Waals surface area (Å²) in [5, 5.41) is 5.58. The van der Waals surface area contributed by atoms with Gasteiger partial charge >= 0.3 is 6.03 Å². The Morgan fingerprint density at radius 1 is 1.19 bits per heavy atom. The summed E-state index contributed by atoms with van der Waals surface area (Å²) in [6.45, 7) is 4.99. The molecule has 1 fully saturated rings. The molecule has 1 aliphatic heterocycles. The molecule has 0 bridgehead atoms. The molecule has 0 aromatic heterocycles. The van der Waals surface area contributed by atoms with Gasteiger partial charge in [-0.1, -0.05) is 18.2 Å². The van der Waals surface area contributed by atoms with Crippen LogP contribution in [0.5, 0.6) is 5.75 Å². The van der Waals surface area contributed by atoms with Crippen LogP contribution in [-0.4, -0.2) is 31.6 Å². The molecule has 0 radical (unpaired) electrons. The first-order valence-electron chi connectivity index (χ1n) is 9.03. The average molecular weight is 367 g/mol. The van der Waals surface area contributed by atoms with Crippen molar-refractivity contribution in [2.24, 2.45) is 0 Å². The van der Waals surface area contributed by atoms with E-state index in [-0.39, 0.29) is 11.9 Å². The Balaban J connectivity index is 1.56. The number of ether oxygens (including phenoxy) is 1. The number of hydrogen-bond donors (Lipinski definition) is 2. The monoisotopic (exact) mass is 367 g/mol. The van der Waals surface area contributed by atoms with E-state index in [0.717, 1.165) is 28.1 Å². The molecule has 142 valence electrons.